The van der Waals surface area contributed by atoms with Crippen molar-refractivity contribution >= 4 is 29.3 Å². The van der Waals surface area contributed by atoms with Crippen molar-refractivity contribution in [3.8, 4) is 5.75 Å². The van der Waals surface area contributed by atoms with Crippen molar-refractivity contribution in [2.24, 2.45) is 0 Å². The van der Waals surface area contributed by atoms with E-state index in [1.54, 1.807) is 30.0 Å². The number of carbonyl (C=O) groups is 2. The molecule has 20 heavy (non-hydrogen) atoms. The fourth-order valence-corrected chi connectivity index (χ4v) is 1.87. The van der Waals surface area contributed by atoms with Gasteiger partial charge in [-0.05, 0) is 36.9 Å². The second-order valence-corrected chi connectivity index (χ2v) is 5.73. The summed E-state index contributed by atoms with van der Waals surface area (Å²) in [4.78, 5) is 22.2. The highest BCUT2D eigenvalue weighted by Gasteiger charge is 2.10. The van der Waals surface area contributed by atoms with Gasteiger partial charge >= 0.3 is 5.97 Å². The number of aryl methyl sites for hydroxylation is 1. The maximum absolute atomic E-state index is 11.8. The number of amides is 1. The zero-order valence-electron chi connectivity index (χ0n) is 11.8. The van der Waals surface area contributed by atoms with Crippen LogP contribution in [-0.2, 0) is 9.59 Å². The number of anilines is 1. The predicted molar refractivity (Wildman–Crippen MR) is 80.5 cm³/mol. The number of carbonyl (C=O) groups excluding carboxylic acids is 1. The second-order valence-electron chi connectivity index (χ2n) is 4.46. The predicted octanol–water partition coefficient (Wildman–Crippen LogP) is 2.54. The van der Waals surface area contributed by atoms with Crippen LogP contribution in [0.1, 0.15) is 18.9 Å². The van der Waals surface area contributed by atoms with Crippen LogP contribution in [0.5, 0.6) is 5.75 Å². The quantitative estimate of drug-likeness (QED) is 0.809. The minimum atomic E-state index is -1.02. The highest BCUT2D eigenvalue weighted by atomic mass is 32.2. The molecule has 1 aromatic carbocycles. The maximum atomic E-state index is 11.8. The Morgan fingerprint density at radius 1 is 1.45 bits per heavy atom. The first-order chi connectivity index (χ1) is 9.42. The van der Waals surface area contributed by atoms with Crippen LogP contribution in [0.3, 0.4) is 0 Å². The standard InChI is InChI=1S/C14H19NO4S/c1-9-6-11(19-8-14(17)18)4-5-12(9)15-13(16)7-10(2)20-3/h4-6,10H,7-8H2,1-3H3,(H,15,16)(H,17,18). The third kappa shape index (κ3) is 5.52. The second kappa shape index (κ2) is 7.79. The molecule has 0 aliphatic rings. The van der Waals surface area contributed by atoms with E-state index in [9.17, 15) is 9.59 Å². The summed E-state index contributed by atoms with van der Waals surface area (Å²) in [5, 5.41) is 11.7. The molecule has 0 bridgehead atoms. The van der Waals surface area contributed by atoms with Crippen molar-refractivity contribution in [2.45, 2.75) is 25.5 Å². The van der Waals surface area contributed by atoms with Crippen LogP contribution < -0.4 is 10.1 Å². The average Bonchev–Trinajstić information content (AvgIpc) is 2.38. The lowest BCUT2D eigenvalue weighted by Gasteiger charge is -2.12. The molecule has 0 heterocycles. The molecule has 6 heteroatoms. The fraction of sp³-hybridized carbons (Fsp3) is 0.429. The van der Waals surface area contributed by atoms with E-state index < -0.39 is 5.97 Å². The lowest BCUT2D eigenvalue weighted by Crippen LogP contribution is -2.16. The molecule has 0 saturated heterocycles. The Hall–Kier alpha value is -1.69. The van der Waals surface area contributed by atoms with Gasteiger partial charge in [0.25, 0.3) is 0 Å². The number of ether oxygens (including phenoxy) is 1. The number of hydrogen-bond acceptors (Lipinski definition) is 4. The lowest BCUT2D eigenvalue weighted by molar-refractivity contribution is -0.139. The van der Waals surface area contributed by atoms with Gasteiger partial charge in [-0.3, -0.25) is 4.79 Å². The van der Waals surface area contributed by atoms with Crippen LogP contribution in [0.2, 0.25) is 0 Å². The van der Waals surface area contributed by atoms with E-state index in [4.69, 9.17) is 9.84 Å². The molecular formula is C14H19NO4S. The lowest BCUT2D eigenvalue weighted by atomic mass is 10.2. The summed E-state index contributed by atoms with van der Waals surface area (Å²) in [6.45, 7) is 3.46. The molecule has 0 aliphatic carbocycles. The maximum Gasteiger partial charge on any atom is 0.341 e. The van der Waals surface area contributed by atoms with Crippen LogP contribution in [-0.4, -0.2) is 35.1 Å². The zero-order valence-corrected chi connectivity index (χ0v) is 12.6. The minimum absolute atomic E-state index is 0.0332. The summed E-state index contributed by atoms with van der Waals surface area (Å²) in [6, 6.07) is 5.06. The molecule has 1 amide bonds. The summed E-state index contributed by atoms with van der Waals surface area (Å²) in [7, 11) is 0. The van der Waals surface area contributed by atoms with Crippen molar-refractivity contribution < 1.29 is 19.4 Å². The number of hydrogen-bond donors (Lipinski definition) is 2. The SMILES string of the molecule is CSC(C)CC(=O)Nc1ccc(OCC(=O)O)cc1C. The van der Waals surface area contributed by atoms with E-state index in [1.807, 2.05) is 20.1 Å². The van der Waals surface area contributed by atoms with Crippen LogP contribution in [0.25, 0.3) is 0 Å². The minimum Gasteiger partial charge on any atom is -0.482 e. The van der Waals surface area contributed by atoms with E-state index in [1.165, 1.54) is 0 Å². The number of rotatable bonds is 7. The van der Waals surface area contributed by atoms with E-state index >= 15 is 0 Å². The number of nitrogens with one attached hydrogen (secondary N) is 1. The highest BCUT2D eigenvalue weighted by molar-refractivity contribution is 7.99. The molecule has 110 valence electrons. The van der Waals surface area contributed by atoms with Crippen LogP contribution in [0.4, 0.5) is 5.69 Å². The van der Waals surface area contributed by atoms with Crippen LogP contribution in [0.15, 0.2) is 18.2 Å². The molecule has 5 nitrogen and oxygen atoms in total. The van der Waals surface area contributed by atoms with Gasteiger partial charge in [0.2, 0.25) is 5.91 Å². The summed E-state index contributed by atoms with van der Waals surface area (Å²) >= 11 is 1.64. The smallest absolute Gasteiger partial charge is 0.341 e. The Balaban J connectivity index is 2.63. The molecule has 0 aliphatic heterocycles. The van der Waals surface area contributed by atoms with Gasteiger partial charge < -0.3 is 15.2 Å². The molecule has 1 unspecified atom stereocenters. The Morgan fingerprint density at radius 3 is 2.70 bits per heavy atom. The van der Waals surface area contributed by atoms with Gasteiger partial charge in [-0.2, -0.15) is 11.8 Å². The van der Waals surface area contributed by atoms with Crippen LogP contribution in [0, 0.1) is 6.92 Å². The monoisotopic (exact) mass is 297 g/mol. The molecule has 1 rings (SSSR count). The first-order valence-corrected chi connectivity index (χ1v) is 7.49. The van der Waals surface area contributed by atoms with Gasteiger partial charge in [0.15, 0.2) is 6.61 Å². The molecule has 1 atom stereocenters. The largest absolute Gasteiger partial charge is 0.482 e. The molecule has 2 N–H and O–H groups in total. The van der Waals surface area contributed by atoms with Gasteiger partial charge in [-0.15, -0.1) is 0 Å². The summed E-state index contributed by atoms with van der Waals surface area (Å²) in [5.74, 6) is -0.583. The molecule has 0 radical (unpaired) electrons. The Bertz CT molecular complexity index is 490. The molecule has 0 fully saturated rings. The zero-order chi connectivity index (χ0) is 15.1. The fourth-order valence-electron chi connectivity index (χ4n) is 1.56. The summed E-state index contributed by atoms with van der Waals surface area (Å²) in [6.07, 6.45) is 2.43. The first-order valence-electron chi connectivity index (χ1n) is 6.20. The third-order valence-corrected chi connectivity index (χ3v) is 3.68. The Labute approximate surface area is 122 Å². The number of thioether (sulfide) groups is 1. The molecule has 1 aromatic rings. The van der Waals surface area contributed by atoms with Gasteiger partial charge in [-0.1, -0.05) is 6.92 Å². The molecular weight excluding hydrogens is 278 g/mol. The van der Waals surface area contributed by atoms with Crippen molar-refractivity contribution in [3.05, 3.63) is 23.8 Å². The van der Waals surface area contributed by atoms with Gasteiger partial charge in [0.05, 0.1) is 0 Å². The topological polar surface area (TPSA) is 75.6 Å². The Morgan fingerprint density at radius 2 is 2.15 bits per heavy atom. The van der Waals surface area contributed by atoms with Crippen molar-refractivity contribution in [1.82, 2.24) is 0 Å². The third-order valence-electron chi connectivity index (χ3n) is 2.71. The molecule has 0 saturated carbocycles. The van der Waals surface area contributed by atoms with E-state index in [-0.39, 0.29) is 17.8 Å². The summed E-state index contributed by atoms with van der Waals surface area (Å²) < 4.78 is 5.07. The molecule has 0 spiro atoms. The van der Waals surface area contributed by atoms with Crippen molar-refractivity contribution in [2.75, 3.05) is 18.2 Å². The molecule has 0 aromatic heterocycles. The number of aliphatic carboxylic acids is 1. The highest BCUT2D eigenvalue weighted by Crippen LogP contribution is 2.22. The van der Waals surface area contributed by atoms with Gasteiger partial charge in [-0.25, -0.2) is 4.79 Å². The van der Waals surface area contributed by atoms with E-state index in [0.717, 1.165) is 5.56 Å². The van der Waals surface area contributed by atoms with Gasteiger partial charge in [0, 0.05) is 17.4 Å². The first kappa shape index (κ1) is 16.4. The van der Waals surface area contributed by atoms with Crippen LogP contribution >= 0.6 is 11.8 Å². The summed E-state index contributed by atoms with van der Waals surface area (Å²) in [5.41, 5.74) is 1.55. The normalized spacial score (nSPS) is 11.8. The van der Waals surface area contributed by atoms with Crippen molar-refractivity contribution in [3.63, 3.8) is 0 Å². The number of carboxylic acids is 1. The number of benzene rings is 1. The van der Waals surface area contributed by atoms with E-state index in [0.29, 0.717) is 17.9 Å². The van der Waals surface area contributed by atoms with Crippen molar-refractivity contribution in [1.29, 1.82) is 0 Å². The van der Waals surface area contributed by atoms with E-state index in [2.05, 4.69) is 5.32 Å². The average molecular weight is 297 g/mol. The Kier molecular flexibility index (Phi) is 6.38. The number of carboxylic acid groups (broad SMARTS) is 1. The van der Waals surface area contributed by atoms with Gasteiger partial charge in [0.1, 0.15) is 5.75 Å².